The maximum atomic E-state index is 13.9. The summed E-state index contributed by atoms with van der Waals surface area (Å²) in [5.41, 5.74) is -2.69. The lowest BCUT2D eigenvalue weighted by Crippen LogP contribution is -2.20. The first kappa shape index (κ1) is 20.8. The Kier molecular flexibility index (Phi) is 5.34. The van der Waals surface area contributed by atoms with Gasteiger partial charge < -0.3 is 10.1 Å². The number of aromatic nitrogens is 4. The molecule has 1 unspecified atom stereocenters. The molecule has 3 aromatic rings. The largest absolute Gasteiger partial charge is 0.433 e. The number of alkyl halides is 6. The Hall–Kier alpha value is -2.96. The minimum atomic E-state index is -4.88. The fourth-order valence-corrected chi connectivity index (χ4v) is 2.60. The predicted molar refractivity (Wildman–Crippen MR) is 85.4 cm³/mol. The van der Waals surface area contributed by atoms with E-state index >= 15 is 0 Å². The molecule has 1 aromatic carbocycles. The van der Waals surface area contributed by atoms with Crippen LogP contribution in [0.1, 0.15) is 22.9 Å². The van der Waals surface area contributed by atoms with Crippen LogP contribution in [0.5, 0.6) is 0 Å². The molecule has 156 valence electrons. The topological polar surface area (TPSA) is 64.3 Å². The average molecular weight is 423 g/mol. The van der Waals surface area contributed by atoms with Crippen LogP contribution >= 0.6 is 0 Å². The Balaban J connectivity index is 2.02. The van der Waals surface area contributed by atoms with Crippen molar-refractivity contribution in [2.45, 2.75) is 18.4 Å². The van der Waals surface area contributed by atoms with Crippen LogP contribution in [0.2, 0.25) is 0 Å². The minimum absolute atomic E-state index is 0.0241. The van der Waals surface area contributed by atoms with Crippen molar-refractivity contribution in [2.24, 2.45) is 0 Å². The molecule has 0 radical (unpaired) electrons. The van der Waals surface area contributed by atoms with Crippen molar-refractivity contribution < 1.29 is 35.5 Å². The number of ether oxygens (including phenoxy) is 1. The van der Waals surface area contributed by atoms with Gasteiger partial charge in [0, 0.05) is 13.2 Å². The molecule has 0 aliphatic heterocycles. The van der Waals surface area contributed by atoms with Crippen LogP contribution in [0, 0.1) is 5.82 Å². The molecular weight excluding hydrogens is 411 g/mol. The number of hydrogen-bond donors (Lipinski definition) is 1. The number of hydrogen-bond acceptors (Lipinski definition) is 5. The highest BCUT2D eigenvalue weighted by Crippen LogP contribution is 2.34. The van der Waals surface area contributed by atoms with Crippen LogP contribution in [0.3, 0.4) is 0 Å². The van der Waals surface area contributed by atoms with Crippen molar-refractivity contribution in [2.75, 3.05) is 19.0 Å². The lowest BCUT2D eigenvalue weighted by atomic mass is 10.0. The lowest BCUT2D eigenvalue weighted by Gasteiger charge is -2.21. The molecule has 6 nitrogen and oxygen atoms in total. The predicted octanol–water partition coefficient (Wildman–Crippen LogP) is 4.10. The Labute approximate surface area is 158 Å². The molecule has 1 N–H and O–H groups in total. The van der Waals surface area contributed by atoms with Crippen LogP contribution in [-0.2, 0) is 17.1 Å². The molecule has 0 saturated carbocycles. The Bertz CT molecular complexity index is 1020. The molecule has 2 heterocycles. The number of nitrogens with zero attached hydrogens (tertiary/aromatic N) is 4. The SMILES string of the molecule is COCC(Nc1cc(C(F)(F)F)nc2ncnn12)c1ccc(C(F)(F)F)c(F)c1. The Morgan fingerprint density at radius 3 is 2.41 bits per heavy atom. The first-order valence-electron chi connectivity index (χ1n) is 7.91. The molecule has 0 saturated heterocycles. The Morgan fingerprint density at radius 1 is 1.10 bits per heavy atom. The second-order valence-corrected chi connectivity index (χ2v) is 5.89. The normalized spacial score (nSPS) is 13.7. The molecule has 0 fully saturated rings. The highest BCUT2D eigenvalue weighted by atomic mass is 19.4. The van der Waals surface area contributed by atoms with Gasteiger partial charge in [0.15, 0.2) is 5.69 Å². The summed E-state index contributed by atoms with van der Waals surface area (Å²) in [6.07, 6.45) is -8.68. The fourth-order valence-electron chi connectivity index (χ4n) is 2.60. The number of rotatable bonds is 5. The standard InChI is InChI=1S/C16H12F7N5O/c1-29-6-11(8-2-3-9(10(17)4-8)15(18,19)20)26-13-5-12(16(21,22)23)27-14-24-7-25-28(13)14/h2-5,7,11,26H,6H2,1H3. The third kappa shape index (κ3) is 4.39. The third-order valence-corrected chi connectivity index (χ3v) is 3.90. The highest BCUT2D eigenvalue weighted by Gasteiger charge is 2.35. The molecule has 13 heteroatoms. The number of methoxy groups -OCH3 is 1. The van der Waals surface area contributed by atoms with E-state index in [9.17, 15) is 30.7 Å². The van der Waals surface area contributed by atoms with Crippen molar-refractivity contribution in [3.05, 3.63) is 53.2 Å². The van der Waals surface area contributed by atoms with Gasteiger partial charge in [0.1, 0.15) is 18.0 Å². The molecule has 0 amide bonds. The van der Waals surface area contributed by atoms with E-state index in [1.807, 2.05) is 0 Å². The van der Waals surface area contributed by atoms with E-state index in [2.05, 4.69) is 20.4 Å². The molecule has 1 atom stereocenters. The van der Waals surface area contributed by atoms with Crippen LogP contribution < -0.4 is 5.32 Å². The van der Waals surface area contributed by atoms with Gasteiger partial charge in [-0.1, -0.05) is 6.07 Å². The van der Waals surface area contributed by atoms with Crippen molar-refractivity contribution in [3.63, 3.8) is 0 Å². The van der Waals surface area contributed by atoms with Gasteiger partial charge in [0.2, 0.25) is 0 Å². The van der Waals surface area contributed by atoms with Gasteiger partial charge in [-0.15, -0.1) is 0 Å². The number of halogens is 7. The molecule has 0 aliphatic rings. The summed E-state index contributed by atoms with van der Waals surface area (Å²) in [4.78, 5) is 6.97. The van der Waals surface area contributed by atoms with E-state index in [1.165, 1.54) is 7.11 Å². The molecule has 29 heavy (non-hydrogen) atoms. The van der Waals surface area contributed by atoms with E-state index < -0.39 is 35.5 Å². The molecule has 0 spiro atoms. The van der Waals surface area contributed by atoms with E-state index in [0.29, 0.717) is 18.2 Å². The highest BCUT2D eigenvalue weighted by molar-refractivity contribution is 5.47. The quantitative estimate of drug-likeness (QED) is 0.626. The van der Waals surface area contributed by atoms with Crippen molar-refractivity contribution in [3.8, 4) is 0 Å². The van der Waals surface area contributed by atoms with Crippen LogP contribution in [-0.4, -0.2) is 33.3 Å². The summed E-state index contributed by atoms with van der Waals surface area (Å²) in [5.74, 6) is -2.08. The number of fused-ring (bicyclic) bond motifs is 1. The zero-order valence-electron chi connectivity index (χ0n) is 14.5. The van der Waals surface area contributed by atoms with Gasteiger partial charge in [-0.3, -0.25) is 0 Å². The van der Waals surface area contributed by atoms with Crippen molar-refractivity contribution in [1.82, 2.24) is 19.6 Å². The second kappa shape index (κ2) is 7.46. The summed E-state index contributed by atoms with van der Waals surface area (Å²) < 4.78 is 97.4. The monoisotopic (exact) mass is 423 g/mol. The summed E-state index contributed by atoms with van der Waals surface area (Å²) in [6.45, 7) is -0.190. The molecule has 0 bridgehead atoms. The maximum Gasteiger partial charge on any atom is 0.433 e. The van der Waals surface area contributed by atoms with Crippen LogP contribution in [0.25, 0.3) is 5.78 Å². The lowest BCUT2D eigenvalue weighted by molar-refractivity contribution is -0.141. The molecule has 2 aromatic heterocycles. The second-order valence-electron chi connectivity index (χ2n) is 5.89. The molecule has 3 rings (SSSR count). The fraction of sp³-hybridized carbons (Fsp3) is 0.312. The maximum absolute atomic E-state index is 13.9. The first-order valence-corrected chi connectivity index (χ1v) is 7.91. The summed E-state index contributed by atoms with van der Waals surface area (Å²) >= 11 is 0. The number of benzene rings is 1. The Morgan fingerprint density at radius 2 is 1.83 bits per heavy atom. The third-order valence-electron chi connectivity index (χ3n) is 3.90. The van der Waals surface area contributed by atoms with Gasteiger partial charge in [0.25, 0.3) is 5.78 Å². The van der Waals surface area contributed by atoms with Gasteiger partial charge in [-0.05, 0) is 17.7 Å². The minimum Gasteiger partial charge on any atom is -0.382 e. The zero-order chi connectivity index (χ0) is 21.4. The van der Waals surface area contributed by atoms with Crippen LogP contribution in [0.4, 0.5) is 36.6 Å². The van der Waals surface area contributed by atoms with E-state index in [0.717, 1.165) is 16.9 Å². The smallest absolute Gasteiger partial charge is 0.382 e. The van der Waals surface area contributed by atoms with Crippen molar-refractivity contribution >= 4 is 11.6 Å². The van der Waals surface area contributed by atoms with Crippen molar-refractivity contribution in [1.29, 1.82) is 0 Å². The van der Waals surface area contributed by atoms with E-state index in [4.69, 9.17) is 4.74 Å². The van der Waals surface area contributed by atoms with Crippen LogP contribution in [0.15, 0.2) is 30.6 Å². The number of nitrogens with one attached hydrogen (secondary N) is 1. The summed E-state index contributed by atoms with van der Waals surface area (Å²) in [5, 5.41) is 6.43. The number of anilines is 1. The van der Waals surface area contributed by atoms with Gasteiger partial charge >= 0.3 is 12.4 Å². The molecular formula is C16H12F7N5O. The summed E-state index contributed by atoms with van der Waals surface area (Å²) in [6, 6.07) is 1.86. The van der Waals surface area contributed by atoms with E-state index in [1.54, 1.807) is 0 Å². The van der Waals surface area contributed by atoms with E-state index in [-0.39, 0.29) is 23.8 Å². The molecule has 0 aliphatic carbocycles. The summed E-state index contributed by atoms with van der Waals surface area (Å²) in [7, 11) is 1.27. The van der Waals surface area contributed by atoms with Gasteiger partial charge in [0.05, 0.1) is 18.2 Å². The zero-order valence-corrected chi connectivity index (χ0v) is 14.5. The van der Waals surface area contributed by atoms with Gasteiger partial charge in [-0.25, -0.2) is 9.37 Å². The average Bonchev–Trinajstić information content (AvgIpc) is 3.08. The first-order chi connectivity index (χ1) is 13.5. The van der Waals surface area contributed by atoms with Gasteiger partial charge in [-0.2, -0.15) is 40.9 Å².